The summed E-state index contributed by atoms with van der Waals surface area (Å²) >= 11 is 0. The molecule has 0 aliphatic heterocycles. The average molecular weight is 356 g/mol. The van der Waals surface area contributed by atoms with Crippen molar-refractivity contribution in [3.8, 4) is 0 Å². The lowest BCUT2D eigenvalue weighted by Gasteiger charge is -2.23. The second-order valence-electron chi connectivity index (χ2n) is 6.25. The first-order valence-electron chi connectivity index (χ1n) is 8.43. The predicted molar refractivity (Wildman–Crippen MR) is 102 cm³/mol. The van der Waals surface area contributed by atoms with Gasteiger partial charge in [0, 0.05) is 27.7 Å². The molecule has 0 unspecified atom stereocenters. The van der Waals surface area contributed by atoms with Crippen LogP contribution in [0, 0.1) is 5.82 Å². The first-order valence-corrected chi connectivity index (χ1v) is 8.43. The third-order valence-electron chi connectivity index (χ3n) is 3.82. The number of nitrogens with one attached hydrogen (secondary N) is 1. The van der Waals surface area contributed by atoms with Crippen LogP contribution in [0.2, 0.25) is 0 Å². The Labute approximate surface area is 154 Å². The summed E-state index contributed by atoms with van der Waals surface area (Å²) < 4.78 is 13.4. The predicted octanol–water partition coefficient (Wildman–Crippen LogP) is 2.49. The standard InChI is InChI=1S/C20H25FN4O/c1-24(2)19(26)14-23-20(22-13-16-8-5-4-6-9-16)25(3)15-17-10-7-11-18(21)12-17/h4-12H,13-15H2,1-3H3,(H,22,23). The molecule has 0 aliphatic rings. The van der Waals surface area contributed by atoms with Gasteiger partial charge in [0.2, 0.25) is 5.91 Å². The van der Waals surface area contributed by atoms with Crippen LogP contribution in [-0.4, -0.2) is 49.4 Å². The number of guanidine groups is 1. The Bertz CT molecular complexity index is 746. The molecule has 1 amide bonds. The van der Waals surface area contributed by atoms with Crippen LogP contribution in [-0.2, 0) is 17.9 Å². The largest absolute Gasteiger partial charge is 0.347 e. The van der Waals surface area contributed by atoms with Crippen LogP contribution < -0.4 is 5.32 Å². The topological polar surface area (TPSA) is 47.9 Å². The van der Waals surface area contributed by atoms with E-state index >= 15 is 0 Å². The van der Waals surface area contributed by atoms with Crippen molar-refractivity contribution in [1.29, 1.82) is 0 Å². The summed E-state index contributed by atoms with van der Waals surface area (Å²) in [6.07, 6.45) is 0. The highest BCUT2D eigenvalue weighted by Crippen LogP contribution is 2.07. The van der Waals surface area contributed by atoms with Crippen molar-refractivity contribution in [2.45, 2.75) is 13.1 Å². The van der Waals surface area contributed by atoms with E-state index in [0.717, 1.165) is 11.1 Å². The number of amides is 1. The smallest absolute Gasteiger partial charge is 0.241 e. The molecule has 6 heteroatoms. The maximum absolute atomic E-state index is 13.4. The Hall–Kier alpha value is -2.89. The summed E-state index contributed by atoms with van der Waals surface area (Å²) in [5, 5.41) is 3.10. The van der Waals surface area contributed by atoms with Gasteiger partial charge in [-0.25, -0.2) is 9.38 Å². The fraction of sp³-hybridized carbons (Fsp3) is 0.300. The summed E-state index contributed by atoms with van der Waals surface area (Å²) in [5.41, 5.74) is 1.91. The van der Waals surface area contributed by atoms with Gasteiger partial charge in [-0.1, -0.05) is 42.5 Å². The van der Waals surface area contributed by atoms with Crippen molar-refractivity contribution < 1.29 is 9.18 Å². The normalized spacial score (nSPS) is 11.2. The molecule has 138 valence electrons. The van der Waals surface area contributed by atoms with Gasteiger partial charge in [-0.15, -0.1) is 0 Å². The average Bonchev–Trinajstić information content (AvgIpc) is 2.62. The Morgan fingerprint density at radius 1 is 1.04 bits per heavy atom. The molecule has 1 N–H and O–H groups in total. The van der Waals surface area contributed by atoms with Crippen LogP contribution in [0.3, 0.4) is 0 Å². The number of hydrogen-bond acceptors (Lipinski definition) is 2. The molecule has 26 heavy (non-hydrogen) atoms. The monoisotopic (exact) mass is 356 g/mol. The van der Waals surface area contributed by atoms with E-state index in [9.17, 15) is 9.18 Å². The number of carbonyl (C=O) groups is 1. The summed E-state index contributed by atoms with van der Waals surface area (Å²) in [6, 6.07) is 16.3. The lowest BCUT2D eigenvalue weighted by molar-refractivity contribution is -0.127. The van der Waals surface area contributed by atoms with Crippen LogP contribution in [0.25, 0.3) is 0 Å². The van der Waals surface area contributed by atoms with E-state index in [4.69, 9.17) is 0 Å². The van der Waals surface area contributed by atoms with Gasteiger partial charge in [0.15, 0.2) is 5.96 Å². The van der Waals surface area contributed by atoms with Crippen molar-refractivity contribution in [3.63, 3.8) is 0 Å². The Balaban J connectivity index is 2.11. The van der Waals surface area contributed by atoms with E-state index in [1.165, 1.54) is 17.0 Å². The van der Waals surface area contributed by atoms with E-state index in [1.807, 2.05) is 48.3 Å². The summed E-state index contributed by atoms with van der Waals surface area (Å²) in [7, 11) is 5.28. The molecular formula is C20H25FN4O. The second kappa shape index (κ2) is 9.56. The maximum atomic E-state index is 13.4. The fourth-order valence-electron chi connectivity index (χ4n) is 2.36. The minimum atomic E-state index is -0.269. The highest BCUT2D eigenvalue weighted by Gasteiger charge is 2.11. The minimum absolute atomic E-state index is 0.0448. The van der Waals surface area contributed by atoms with Crippen LogP contribution >= 0.6 is 0 Å². The molecule has 0 radical (unpaired) electrons. The van der Waals surface area contributed by atoms with Crippen molar-refractivity contribution in [1.82, 2.24) is 15.1 Å². The van der Waals surface area contributed by atoms with Crippen LogP contribution in [0.5, 0.6) is 0 Å². The zero-order chi connectivity index (χ0) is 18.9. The fourth-order valence-corrected chi connectivity index (χ4v) is 2.36. The van der Waals surface area contributed by atoms with Crippen LogP contribution in [0.4, 0.5) is 4.39 Å². The zero-order valence-electron chi connectivity index (χ0n) is 15.4. The summed E-state index contributed by atoms with van der Waals surface area (Å²) in [5.74, 6) is 0.277. The number of likely N-dealkylation sites (N-methyl/N-ethyl adjacent to an activating group) is 1. The molecule has 0 fully saturated rings. The van der Waals surface area contributed by atoms with Crippen molar-refractivity contribution in [2.24, 2.45) is 4.99 Å². The molecular weight excluding hydrogens is 331 g/mol. The van der Waals surface area contributed by atoms with Gasteiger partial charge in [-0.3, -0.25) is 4.79 Å². The molecule has 0 saturated heterocycles. The van der Waals surface area contributed by atoms with E-state index in [1.54, 1.807) is 20.2 Å². The molecule has 2 rings (SSSR count). The number of halogens is 1. The first-order chi connectivity index (χ1) is 12.5. The molecule has 0 heterocycles. The van der Waals surface area contributed by atoms with Gasteiger partial charge >= 0.3 is 0 Å². The van der Waals surface area contributed by atoms with E-state index in [0.29, 0.717) is 19.0 Å². The van der Waals surface area contributed by atoms with Gasteiger partial charge in [0.1, 0.15) is 5.82 Å². The van der Waals surface area contributed by atoms with Gasteiger partial charge in [0.05, 0.1) is 13.1 Å². The molecule has 5 nitrogen and oxygen atoms in total. The van der Waals surface area contributed by atoms with E-state index in [-0.39, 0.29) is 18.3 Å². The molecule has 0 saturated carbocycles. The second-order valence-corrected chi connectivity index (χ2v) is 6.25. The SMILES string of the molecule is CN(C)C(=O)CNC(=NCc1ccccc1)N(C)Cc1cccc(F)c1. The minimum Gasteiger partial charge on any atom is -0.347 e. The molecule has 0 atom stereocenters. The van der Waals surface area contributed by atoms with Gasteiger partial charge in [-0.2, -0.15) is 0 Å². The van der Waals surface area contributed by atoms with Crippen LogP contribution in [0.15, 0.2) is 59.6 Å². The van der Waals surface area contributed by atoms with Crippen molar-refractivity contribution >= 4 is 11.9 Å². The number of nitrogens with zero attached hydrogens (tertiary/aromatic N) is 3. The van der Waals surface area contributed by atoms with Crippen molar-refractivity contribution in [2.75, 3.05) is 27.7 Å². The highest BCUT2D eigenvalue weighted by atomic mass is 19.1. The third kappa shape index (κ3) is 6.20. The number of rotatable bonds is 6. The van der Waals surface area contributed by atoms with E-state index in [2.05, 4.69) is 10.3 Å². The molecule has 0 bridgehead atoms. The van der Waals surface area contributed by atoms with E-state index < -0.39 is 0 Å². The van der Waals surface area contributed by atoms with Crippen molar-refractivity contribution in [3.05, 3.63) is 71.5 Å². The number of benzene rings is 2. The summed E-state index contributed by atoms with van der Waals surface area (Å²) in [6.45, 7) is 1.12. The first kappa shape index (κ1) is 19.4. The molecule has 0 spiro atoms. The van der Waals surface area contributed by atoms with Gasteiger partial charge in [0.25, 0.3) is 0 Å². The van der Waals surface area contributed by atoms with Gasteiger partial charge in [-0.05, 0) is 23.3 Å². The molecule has 2 aromatic rings. The highest BCUT2D eigenvalue weighted by molar-refractivity contribution is 5.86. The Morgan fingerprint density at radius 3 is 2.38 bits per heavy atom. The number of hydrogen-bond donors (Lipinski definition) is 1. The third-order valence-corrected chi connectivity index (χ3v) is 3.82. The molecule has 0 aliphatic carbocycles. The lowest BCUT2D eigenvalue weighted by atomic mass is 10.2. The quantitative estimate of drug-likeness (QED) is 0.639. The molecule has 0 aromatic heterocycles. The Kier molecular flexibility index (Phi) is 7.14. The number of aliphatic imine (C=N–C) groups is 1. The maximum Gasteiger partial charge on any atom is 0.241 e. The zero-order valence-corrected chi connectivity index (χ0v) is 15.4. The lowest BCUT2D eigenvalue weighted by Crippen LogP contribution is -2.43. The summed E-state index contributed by atoms with van der Waals surface area (Å²) in [4.78, 5) is 19.9. The van der Waals surface area contributed by atoms with Gasteiger partial charge < -0.3 is 15.1 Å². The Morgan fingerprint density at radius 2 is 1.73 bits per heavy atom. The van der Waals surface area contributed by atoms with Crippen LogP contribution in [0.1, 0.15) is 11.1 Å². The number of carbonyl (C=O) groups excluding carboxylic acids is 1. The molecule has 2 aromatic carbocycles.